The van der Waals surface area contributed by atoms with Crippen LogP contribution in [0.25, 0.3) is 0 Å². The zero-order valence-corrected chi connectivity index (χ0v) is 11.1. The number of aliphatic hydroxyl groups excluding tert-OH is 1. The molecule has 0 aliphatic heterocycles. The first-order chi connectivity index (χ1) is 9.13. The highest BCUT2D eigenvalue weighted by Gasteiger charge is 2.26. The summed E-state index contributed by atoms with van der Waals surface area (Å²) in [5.41, 5.74) is 0.922. The lowest BCUT2D eigenvalue weighted by Crippen LogP contribution is -2.35. The van der Waals surface area contributed by atoms with Crippen molar-refractivity contribution in [3.05, 3.63) is 23.4 Å². The SMILES string of the molecule is Cc1ccnc(NC2CCCCC2CO)c1C(=O)O. The number of hydrogen-bond acceptors (Lipinski definition) is 4. The Kier molecular flexibility index (Phi) is 4.37. The summed E-state index contributed by atoms with van der Waals surface area (Å²) in [6, 6.07) is 1.80. The first-order valence-electron chi connectivity index (χ1n) is 6.69. The van der Waals surface area contributed by atoms with Crippen molar-refractivity contribution in [2.24, 2.45) is 5.92 Å². The number of carboxylic acids is 1. The number of carbonyl (C=O) groups is 1. The minimum absolute atomic E-state index is 0.103. The minimum atomic E-state index is -0.968. The van der Waals surface area contributed by atoms with Gasteiger partial charge in [0.05, 0.1) is 0 Å². The Hall–Kier alpha value is -1.62. The number of aromatic nitrogens is 1. The molecule has 0 spiro atoms. The zero-order valence-electron chi connectivity index (χ0n) is 11.1. The molecule has 0 saturated heterocycles. The molecule has 2 rings (SSSR count). The molecule has 2 atom stereocenters. The van der Waals surface area contributed by atoms with Crippen LogP contribution in [0.15, 0.2) is 12.3 Å². The molecule has 0 aromatic carbocycles. The first-order valence-corrected chi connectivity index (χ1v) is 6.69. The van der Waals surface area contributed by atoms with Gasteiger partial charge in [-0.3, -0.25) is 0 Å². The second-order valence-electron chi connectivity index (χ2n) is 5.13. The Morgan fingerprint density at radius 3 is 2.89 bits per heavy atom. The van der Waals surface area contributed by atoms with Crippen LogP contribution in [0.5, 0.6) is 0 Å². The molecule has 0 radical (unpaired) electrons. The van der Waals surface area contributed by atoms with Gasteiger partial charge in [-0.2, -0.15) is 0 Å². The molecule has 2 unspecified atom stereocenters. The Labute approximate surface area is 112 Å². The van der Waals surface area contributed by atoms with E-state index >= 15 is 0 Å². The fraction of sp³-hybridized carbons (Fsp3) is 0.571. The number of pyridine rings is 1. The maximum absolute atomic E-state index is 11.3. The summed E-state index contributed by atoms with van der Waals surface area (Å²) in [5, 5.41) is 21.9. The molecule has 3 N–H and O–H groups in total. The van der Waals surface area contributed by atoms with Crippen molar-refractivity contribution in [1.82, 2.24) is 4.98 Å². The maximum Gasteiger partial charge on any atom is 0.339 e. The van der Waals surface area contributed by atoms with Crippen molar-refractivity contribution in [3.8, 4) is 0 Å². The number of aliphatic hydroxyl groups is 1. The van der Waals surface area contributed by atoms with Gasteiger partial charge < -0.3 is 15.5 Å². The summed E-state index contributed by atoms with van der Waals surface area (Å²) in [6.07, 6.45) is 5.75. The summed E-state index contributed by atoms with van der Waals surface area (Å²) in [5.74, 6) is -0.375. The monoisotopic (exact) mass is 264 g/mol. The van der Waals surface area contributed by atoms with Crippen LogP contribution in [0.2, 0.25) is 0 Å². The molecule has 1 heterocycles. The van der Waals surface area contributed by atoms with E-state index < -0.39 is 5.97 Å². The molecule has 1 fully saturated rings. The topological polar surface area (TPSA) is 82.5 Å². The number of nitrogens with zero attached hydrogens (tertiary/aromatic N) is 1. The van der Waals surface area contributed by atoms with Crippen molar-refractivity contribution >= 4 is 11.8 Å². The lowest BCUT2D eigenvalue weighted by atomic mass is 9.85. The van der Waals surface area contributed by atoms with Crippen LogP contribution in [0.3, 0.4) is 0 Å². The third-order valence-electron chi connectivity index (χ3n) is 3.84. The van der Waals surface area contributed by atoms with Gasteiger partial charge >= 0.3 is 5.97 Å². The number of rotatable bonds is 4. The van der Waals surface area contributed by atoms with E-state index in [0.29, 0.717) is 11.4 Å². The Morgan fingerprint density at radius 2 is 2.21 bits per heavy atom. The second-order valence-corrected chi connectivity index (χ2v) is 5.13. The normalized spacial score (nSPS) is 23.1. The lowest BCUT2D eigenvalue weighted by Gasteiger charge is -2.31. The molecule has 1 aliphatic carbocycles. The van der Waals surface area contributed by atoms with Crippen LogP contribution in [0.1, 0.15) is 41.6 Å². The van der Waals surface area contributed by atoms with Crippen LogP contribution < -0.4 is 5.32 Å². The summed E-state index contributed by atoms with van der Waals surface area (Å²) < 4.78 is 0. The van der Waals surface area contributed by atoms with Gasteiger partial charge in [0.25, 0.3) is 0 Å². The highest BCUT2D eigenvalue weighted by Crippen LogP contribution is 2.28. The predicted molar refractivity (Wildman–Crippen MR) is 72.4 cm³/mol. The smallest absolute Gasteiger partial charge is 0.339 e. The average molecular weight is 264 g/mol. The predicted octanol–water partition coefficient (Wildman–Crippen LogP) is 2.05. The van der Waals surface area contributed by atoms with Gasteiger partial charge in [-0.15, -0.1) is 0 Å². The molecule has 104 valence electrons. The molecule has 19 heavy (non-hydrogen) atoms. The van der Waals surface area contributed by atoms with E-state index in [-0.39, 0.29) is 24.1 Å². The number of hydrogen-bond donors (Lipinski definition) is 3. The van der Waals surface area contributed by atoms with Crippen LogP contribution >= 0.6 is 0 Å². The fourth-order valence-electron chi connectivity index (χ4n) is 2.73. The van der Waals surface area contributed by atoms with Gasteiger partial charge in [0.1, 0.15) is 11.4 Å². The third kappa shape index (κ3) is 3.04. The van der Waals surface area contributed by atoms with E-state index in [1.807, 2.05) is 0 Å². The number of aryl methyl sites for hydroxylation is 1. The molecule has 5 nitrogen and oxygen atoms in total. The van der Waals surface area contributed by atoms with Gasteiger partial charge in [-0.05, 0) is 31.4 Å². The number of nitrogens with one attached hydrogen (secondary N) is 1. The summed E-state index contributed by atoms with van der Waals surface area (Å²) in [7, 11) is 0. The van der Waals surface area contributed by atoms with E-state index in [1.54, 1.807) is 19.2 Å². The second kappa shape index (κ2) is 6.02. The Morgan fingerprint density at radius 1 is 1.47 bits per heavy atom. The average Bonchev–Trinajstić information content (AvgIpc) is 2.39. The van der Waals surface area contributed by atoms with E-state index in [4.69, 9.17) is 0 Å². The first kappa shape index (κ1) is 13.8. The molecule has 0 bridgehead atoms. The molecular weight excluding hydrogens is 244 g/mol. The van der Waals surface area contributed by atoms with Gasteiger partial charge in [-0.25, -0.2) is 9.78 Å². The lowest BCUT2D eigenvalue weighted by molar-refractivity contribution is 0.0696. The van der Waals surface area contributed by atoms with Crippen LogP contribution in [0.4, 0.5) is 5.82 Å². The number of anilines is 1. The standard InChI is InChI=1S/C14H20N2O3/c1-9-6-7-15-13(12(9)14(18)19)16-11-5-3-2-4-10(11)8-17/h6-7,10-11,17H,2-5,8H2,1H3,(H,15,16)(H,18,19). The molecule has 5 heteroatoms. The Bertz CT molecular complexity index is 462. The summed E-state index contributed by atoms with van der Waals surface area (Å²) in [4.78, 5) is 15.5. The Balaban J connectivity index is 2.22. The van der Waals surface area contributed by atoms with Gasteiger partial charge in [-0.1, -0.05) is 12.8 Å². The zero-order chi connectivity index (χ0) is 13.8. The van der Waals surface area contributed by atoms with E-state index in [2.05, 4.69) is 10.3 Å². The van der Waals surface area contributed by atoms with Gasteiger partial charge in [0, 0.05) is 24.8 Å². The highest BCUT2D eigenvalue weighted by molar-refractivity contribution is 5.94. The van der Waals surface area contributed by atoms with Gasteiger partial charge in [0.15, 0.2) is 0 Å². The fourth-order valence-corrected chi connectivity index (χ4v) is 2.73. The van der Waals surface area contributed by atoms with E-state index in [1.165, 1.54) is 0 Å². The molecule has 1 saturated carbocycles. The largest absolute Gasteiger partial charge is 0.478 e. The molecule has 1 aromatic rings. The van der Waals surface area contributed by atoms with Crippen LogP contribution in [0, 0.1) is 12.8 Å². The van der Waals surface area contributed by atoms with Crippen LogP contribution in [-0.2, 0) is 0 Å². The quantitative estimate of drug-likeness (QED) is 0.775. The van der Waals surface area contributed by atoms with Gasteiger partial charge in [0.2, 0.25) is 0 Å². The number of carboxylic acid groups (broad SMARTS) is 1. The maximum atomic E-state index is 11.3. The summed E-state index contributed by atoms with van der Waals surface area (Å²) >= 11 is 0. The van der Waals surface area contributed by atoms with Crippen molar-refractivity contribution in [2.75, 3.05) is 11.9 Å². The highest BCUT2D eigenvalue weighted by atomic mass is 16.4. The molecule has 1 aliphatic rings. The van der Waals surface area contributed by atoms with Crippen molar-refractivity contribution < 1.29 is 15.0 Å². The van der Waals surface area contributed by atoms with Crippen molar-refractivity contribution in [3.63, 3.8) is 0 Å². The molecular formula is C14H20N2O3. The molecule has 0 amide bonds. The third-order valence-corrected chi connectivity index (χ3v) is 3.84. The van der Waals surface area contributed by atoms with Crippen LogP contribution in [-0.4, -0.2) is 33.8 Å². The number of aromatic carboxylic acids is 1. The van der Waals surface area contributed by atoms with E-state index in [9.17, 15) is 15.0 Å². The minimum Gasteiger partial charge on any atom is -0.478 e. The van der Waals surface area contributed by atoms with Crippen molar-refractivity contribution in [2.45, 2.75) is 38.6 Å². The van der Waals surface area contributed by atoms with E-state index in [0.717, 1.165) is 25.7 Å². The molecule has 1 aromatic heterocycles. The van der Waals surface area contributed by atoms with Crippen molar-refractivity contribution in [1.29, 1.82) is 0 Å². The summed E-state index contributed by atoms with van der Waals surface area (Å²) in [6.45, 7) is 1.90.